The molecule has 1 saturated carbocycles. The van der Waals surface area contributed by atoms with Crippen LogP contribution in [0.15, 0.2) is 60.7 Å². The van der Waals surface area contributed by atoms with Gasteiger partial charge in [0.25, 0.3) is 0 Å². The molecule has 0 spiro atoms. The number of hydrogen-bond donors (Lipinski definition) is 3. The minimum atomic E-state index is -1.54. The second kappa shape index (κ2) is 11.9. The Morgan fingerprint density at radius 1 is 0.946 bits per heavy atom. The number of carboxylic acid groups (broad SMARTS) is 1. The van der Waals surface area contributed by atoms with E-state index in [2.05, 4.69) is 34.5 Å². The van der Waals surface area contributed by atoms with Gasteiger partial charge in [0.1, 0.15) is 17.2 Å². The van der Waals surface area contributed by atoms with Gasteiger partial charge in [-0.05, 0) is 73.7 Å². The van der Waals surface area contributed by atoms with Crippen LogP contribution in [0.5, 0.6) is 17.2 Å². The minimum Gasteiger partial charge on any atom is -0.508 e. The van der Waals surface area contributed by atoms with Crippen molar-refractivity contribution in [2.45, 2.75) is 65.1 Å². The molecule has 3 aromatic rings. The molecule has 7 nitrogen and oxygen atoms in total. The zero-order chi connectivity index (χ0) is 26.4. The maximum absolute atomic E-state index is 11.5. The highest BCUT2D eigenvalue weighted by molar-refractivity contribution is 6.36. The summed E-state index contributed by atoms with van der Waals surface area (Å²) in [5, 5.41) is 21.9. The van der Waals surface area contributed by atoms with Crippen molar-refractivity contribution in [3.63, 3.8) is 0 Å². The third-order valence-corrected chi connectivity index (χ3v) is 6.88. The molecule has 37 heavy (non-hydrogen) atoms. The molecule has 194 valence electrons. The smallest absolute Gasteiger partial charge is 0.394 e. The zero-order valence-electron chi connectivity index (χ0n) is 21.4. The fraction of sp³-hybridized carbons (Fsp3) is 0.333. The summed E-state index contributed by atoms with van der Waals surface area (Å²) in [6.07, 6.45) is 6.06. The molecular weight excluding hydrogens is 468 g/mol. The van der Waals surface area contributed by atoms with E-state index >= 15 is 0 Å². The Kier molecular flexibility index (Phi) is 8.46. The van der Waals surface area contributed by atoms with Crippen LogP contribution in [0.3, 0.4) is 0 Å². The fourth-order valence-electron chi connectivity index (χ4n) is 5.03. The molecule has 1 amide bonds. The van der Waals surface area contributed by atoms with Crippen molar-refractivity contribution < 1.29 is 24.5 Å². The quantitative estimate of drug-likeness (QED) is 0.319. The first-order valence-electron chi connectivity index (χ1n) is 12.7. The number of phenols is 1. The summed E-state index contributed by atoms with van der Waals surface area (Å²) in [6, 6.07) is 19.5. The number of amides is 1. The van der Waals surface area contributed by atoms with E-state index in [1.807, 2.05) is 26.0 Å². The van der Waals surface area contributed by atoms with Crippen LogP contribution < -0.4 is 10.1 Å². The first kappa shape index (κ1) is 26.2. The molecule has 3 aromatic carbocycles. The standard InChI is InChI=1S/C30H34N2O5/c1-20-15-24(31-29(34)30(35)36)16-21(2)28(20)37-26-13-14-27(33)23(17-26)19-32(25-11-7-4-8-12-25)18-22-9-5-3-6-10-22/h3,5-6,9-10,13-17,25,33H,4,7-8,11-12,18-19H2,1-2H3,(H,31,34)(H,35,36). The number of ether oxygens (including phenoxy) is 1. The molecule has 0 bridgehead atoms. The molecule has 3 N–H and O–H groups in total. The van der Waals surface area contributed by atoms with E-state index in [1.165, 1.54) is 24.8 Å². The van der Waals surface area contributed by atoms with Crippen molar-refractivity contribution >= 4 is 17.6 Å². The first-order valence-corrected chi connectivity index (χ1v) is 12.7. The van der Waals surface area contributed by atoms with Crippen LogP contribution in [0, 0.1) is 13.8 Å². The molecule has 0 unspecified atom stereocenters. The van der Waals surface area contributed by atoms with E-state index in [4.69, 9.17) is 9.84 Å². The van der Waals surface area contributed by atoms with Gasteiger partial charge < -0.3 is 20.3 Å². The lowest BCUT2D eigenvalue weighted by Gasteiger charge is -2.34. The Morgan fingerprint density at radius 2 is 1.62 bits per heavy atom. The molecule has 1 aliphatic carbocycles. The zero-order valence-corrected chi connectivity index (χ0v) is 21.4. The topological polar surface area (TPSA) is 99.1 Å². The summed E-state index contributed by atoms with van der Waals surface area (Å²) in [4.78, 5) is 24.9. The van der Waals surface area contributed by atoms with Gasteiger partial charge in [0.15, 0.2) is 0 Å². The fourth-order valence-corrected chi connectivity index (χ4v) is 5.03. The highest BCUT2D eigenvalue weighted by Crippen LogP contribution is 2.35. The second-order valence-corrected chi connectivity index (χ2v) is 9.77. The molecule has 0 atom stereocenters. The van der Waals surface area contributed by atoms with E-state index in [9.17, 15) is 14.7 Å². The summed E-state index contributed by atoms with van der Waals surface area (Å²) < 4.78 is 6.23. The van der Waals surface area contributed by atoms with Crippen molar-refractivity contribution in [3.05, 3.63) is 82.9 Å². The van der Waals surface area contributed by atoms with Crippen LogP contribution >= 0.6 is 0 Å². The number of aromatic hydroxyl groups is 1. The summed E-state index contributed by atoms with van der Waals surface area (Å²) in [5.41, 5.74) is 3.96. The summed E-state index contributed by atoms with van der Waals surface area (Å²) in [6.45, 7) is 5.11. The van der Waals surface area contributed by atoms with Crippen molar-refractivity contribution in [2.24, 2.45) is 0 Å². The van der Waals surface area contributed by atoms with Gasteiger partial charge >= 0.3 is 11.9 Å². The maximum Gasteiger partial charge on any atom is 0.394 e. The number of carbonyl (C=O) groups excluding carboxylic acids is 1. The average Bonchev–Trinajstić information content (AvgIpc) is 2.88. The molecule has 1 fully saturated rings. The van der Waals surface area contributed by atoms with E-state index < -0.39 is 11.9 Å². The number of nitrogens with one attached hydrogen (secondary N) is 1. The predicted octanol–water partition coefficient (Wildman–Crippen LogP) is 6.16. The number of phenolic OH excluding ortho intramolecular Hbond substituents is 1. The van der Waals surface area contributed by atoms with Gasteiger partial charge in [-0.3, -0.25) is 9.69 Å². The van der Waals surface area contributed by atoms with Crippen molar-refractivity contribution in [1.82, 2.24) is 4.90 Å². The number of anilines is 1. The summed E-state index contributed by atoms with van der Waals surface area (Å²) in [5.74, 6) is -1.17. The molecule has 0 aromatic heterocycles. The Balaban J connectivity index is 1.55. The number of aryl methyl sites for hydroxylation is 2. The predicted molar refractivity (Wildman–Crippen MR) is 143 cm³/mol. The molecule has 0 radical (unpaired) electrons. The summed E-state index contributed by atoms with van der Waals surface area (Å²) in [7, 11) is 0. The van der Waals surface area contributed by atoms with Gasteiger partial charge in [0.2, 0.25) is 0 Å². The third-order valence-electron chi connectivity index (χ3n) is 6.88. The molecule has 4 rings (SSSR count). The van der Waals surface area contributed by atoms with Crippen LogP contribution in [-0.2, 0) is 22.7 Å². The largest absolute Gasteiger partial charge is 0.508 e. The highest BCUT2D eigenvalue weighted by atomic mass is 16.5. The van der Waals surface area contributed by atoms with Gasteiger partial charge in [0.05, 0.1) is 0 Å². The SMILES string of the molecule is Cc1cc(NC(=O)C(=O)O)cc(C)c1Oc1ccc(O)c(CN(Cc2ccccc2)C2CCCCC2)c1. The van der Waals surface area contributed by atoms with Crippen molar-refractivity contribution in [3.8, 4) is 17.2 Å². The Morgan fingerprint density at radius 3 is 2.27 bits per heavy atom. The number of hydrogen-bond acceptors (Lipinski definition) is 5. The molecule has 0 heterocycles. The van der Waals surface area contributed by atoms with Crippen LogP contribution in [0.1, 0.15) is 54.4 Å². The van der Waals surface area contributed by atoms with Gasteiger partial charge in [-0.1, -0.05) is 49.6 Å². The lowest BCUT2D eigenvalue weighted by Crippen LogP contribution is -2.35. The van der Waals surface area contributed by atoms with Crippen molar-refractivity contribution in [1.29, 1.82) is 0 Å². The number of benzene rings is 3. The van der Waals surface area contributed by atoms with E-state index in [1.54, 1.807) is 24.3 Å². The molecule has 0 aliphatic heterocycles. The average molecular weight is 503 g/mol. The van der Waals surface area contributed by atoms with Crippen LogP contribution in [0.25, 0.3) is 0 Å². The number of carboxylic acids is 1. The lowest BCUT2D eigenvalue weighted by atomic mass is 9.93. The highest BCUT2D eigenvalue weighted by Gasteiger charge is 2.23. The molecule has 0 saturated heterocycles. The van der Waals surface area contributed by atoms with Gasteiger partial charge in [0, 0.05) is 30.4 Å². The molecule has 1 aliphatic rings. The molecular formula is C30H34N2O5. The Labute approximate surface area is 217 Å². The van der Waals surface area contributed by atoms with E-state index in [-0.39, 0.29) is 5.75 Å². The second-order valence-electron chi connectivity index (χ2n) is 9.77. The lowest BCUT2D eigenvalue weighted by molar-refractivity contribution is -0.147. The van der Waals surface area contributed by atoms with Gasteiger partial charge in [-0.15, -0.1) is 0 Å². The summed E-state index contributed by atoms with van der Waals surface area (Å²) >= 11 is 0. The van der Waals surface area contributed by atoms with E-state index in [0.29, 0.717) is 29.8 Å². The van der Waals surface area contributed by atoms with Crippen LogP contribution in [0.4, 0.5) is 5.69 Å². The number of aliphatic carboxylic acids is 1. The first-order chi connectivity index (χ1) is 17.8. The molecule has 7 heteroatoms. The Bertz CT molecular complexity index is 1230. The minimum absolute atomic E-state index is 0.237. The number of nitrogens with zero attached hydrogens (tertiary/aromatic N) is 1. The number of rotatable bonds is 8. The monoisotopic (exact) mass is 502 g/mol. The van der Waals surface area contributed by atoms with Gasteiger partial charge in [-0.25, -0.2) is 4.79 Å². The normalized spacial score (nSPS) is 13.9. The van der Waals surface area contributed by atoms with Crippen LogP contribution in [0.2, 0.25) is 0 Å². The van der Waals surface area contributed by atoms with Gasteiger partial charge in [-0.2, -0.15) is 0 Å². The number of carbonyl (C=O) groups is 2. The maximum atomic E-state index is 11.5. The van der Waals surface area contributed by atoms with E-state index in [0.717, 1.165) is 36.1 Å². The van der Waals surface area contributed by atoms with Crippen LogP contribution in [-0.4, -0.2) is 33.0 Å². The third kappa shape index (κ3) is 6.89. The van der Waals surface area contributed by atoms with Crippen molar-refractivity contribution in [2.75, 3.05) is 5.32 Å². The Hall–Kier alpha value is -3.84.